The normalized spacial score (nSPS) is 12.1. The van der Waals surface area contributed by atoms with Gasteiger partial charge in [0, 0.05) is 11.1 Å². The van der Waals surface area contributed by atoms with Crippen molar-refractivity contribution in [2.75, 3.05) is 4.31 Å². The van der Waals surface area contributed by atoms with Crippen molar-refractivity contribution in [2.24, 2.45) is 5.73 Å². The molecule has 0 saturated carbocycles. The van der Waals surface area contributed by atoms with Gasteiger partial charge in [-0.15, -0.1) is 0 Å². The van der Waals surface area contributed by atoms with Crippen LogP contribution in [0.15, 0.2) is 108 Å². The second-order valence-electron chi connectivity index (χ2n) is 7.52. The molecule has 0 aliphatic rings. The minimum atomic E-state index is -4.29. The van der Waals surface area contributed by atoms with Crippen LogP contribution in [0.4, 0.5) is 10.1 Å². The first kappa shape index (κ1) is 24.3. The van der Waals surface area contributed by atoms with Gasteiger partial charge in [-0.05, 0) is 66.2 Å². The molecule has 0 spiro atoms. The number of halogens is 2. The van der Waals surface area contributed by atoms with Crippen molar-refractivity contribution in [2.45, 2.75) is 10.9 Å². The maximum atomic E-state index is 13.9. The highest BCUT2D eigenvalue weighted by Gasteiger charge is 2.36. The second-order valence-corrected chi connectivity index (χ2v) is 9.78. The van der Waals surface area contributed by atoms with Crippen molar-refractivity contribution in [3.63, 3.8) is 0 Å². The summed E-state index contributed by atoms with van der Waals surface area (Å²) in [6.45, 7) is 0. The van der Waals surface area contributed by atoms with Crippen LogP contribution in [0.5, 0.6) is 11.5 Å². The minimum Gasteiger partial charge on any atom is -0.457 e. The van der Waals surface area contributed by atoms with Crippen LogP contribution < -0.4 is 14.8 Å². The van der Waals surface area contributed by atoms with E-state index < -0.39 is 27.8 Å². The highest BCUT2D eigenvalue weighted by Crippen LogP contribution is 2.36. The molecule has 178 valence electrons. The Hall–Kier alpha value is -3.88. The molecule has 0 fully saturated rings. The number of amides is 1. The number of carbonyl (C=O) groups excluding carboxylic acids is 1. The Morgan fingerprint density at radius 1 is 0.857 bits per heavy atom. The Morgan fingerprint density at radius 2 is 1.51 bits per heavy atom. The summed E-state index contributed by atoms with van der Waals surface area (Å²) in [7, 11) is -4.29. The summed E-state index contributed by atoms with van der Waals surface area (Å²) in [6, 6.07) is 24.2. The van der Waals surface area contributed by atoms with E-state index in [0.717, 1.165) is 4.31 Å². The number of benzene rings is 4. The van der Waals surface area contributed by atoms with Crippen LogP contribution in [-0.2, 0) is 14.8 Å². The van der Waals surface area contributed by atoms with E-state index in [1.807, 2.05) is 0 Å². The average Bonchev–Trinajstić information content (AvgIpc) is 2.84. The molecule has 0 bridgehead atoms. The fourth-order valence-electron chi connectivity index (χ4n) is 3.52. The van der Waals surface area contributed by atoms with Crippen molar-refractivity contribution < 1.29 is 22.3 Å². The third kappa shape index (κ3) is 5.45. The van der Waals surface area contributed by atoms with Gasteiger partial charge in [-0.3, -0.25) is 4.79 Å². The van der Waals surface area contributed by atoms with Gasteiger partial charge in [0.05, 0.1) is 10.6 Å². The van der Waals surface area contributed by atoms with E-state index in [2.05, 4.69) is 0 Å². The zero-order valence-corrected chi connectivity index (χ0v) is 19.8. The fourth-order valence-corrected chi connectivity index (χ4v) is 5.25. The van der Waals surface area contributed by atoms with Crippen molar-refractivity contribution in [1.29, 1.82) is 0 Å². The zero-order chi connectivity index (χ0) is 25.0. The molecular weight excluding hydrogens is 491 g/mol. The van der Waals surface area contributed by atoms with Crippen LogP contribution in [0.3, 0.4) is 0 Å². The van der Waals surface area contributed by atoms with Crippen molar-refractivity contribution in [3.8, 4) is 11.5 Å². The van der Waals surface area contributed by atoms with E-state index in [1.165, 1.54) is 60.7 Å². The minimum absolute atomic E-state index is 0.0751. The molecule has 1 amide bonds. The maximum absolute atomic E-state index is 13.9. The quantitative estimate of drug-likeness (QED) is 0.329. The van der Waals surface area contributed by atoms with Crippen molar-refractivity contribution >= 4 is 33.2 Å². The molecule has 9 heteroatoms. The zero-order valence-electron chi connectivity index (χ0n) is 18.2. The Balaban J connectivity index is 1.85. The summed E-state index contributed by atoms with van der Waals surface area (Å²) >= 11 is 5.95. The second kappa shape index (κ2) is 10.2. The van der Waals surface area contributed by atoms with E-state index in [-0.39, 0.29) is 16.3 Å². The number of primary amides is 1. The number of rotatable bonds is 8. The molecule has 0 aliphatic carbocycles. The predicted molar refractivity (Wildman–Crippen MR) is 132 cm³/mol. The van der Waals surface area contributed by atoms with Crippen LogP contribution in [0.2, 0.25) is 5.02 Å². The van der Waals surface area contributed by atoms with Crippen LogP contribution in [0.25, 0.3) is 0 Å². The third-order valence-corrected chi connectivity index (χ3v) is 7.17. The van der Waals surface area contributed by atoms with Gasteiger partial charge >= 0.3 is 0 Å². The number of sulfonamides is 1. The highest BCUT2D eigenvalue weighted by molar-refractivity contribution is 7.92. The number of nitrogens with zero attached hydrogens (tertiary/aromatic N) is 1. The number of anilines is 1. The Labute approximate surface area is 207 Å². The summed E-state index contributed by atoms with van der Waals surface area (Å²) in [5, 5.41) is 0.361. The number of ether oxygens (including phenoxy) is 1. The first-order valence-electron chi connectivity index (χ1n) is 10.4. The van der Waals surface area contributed by atoms with Crippen molar-refractivity contribution in [1.82, 2.24) is 0 Å². The number of carbonyl (C=O) groups is 1. The molecule has 2 N–H and O–H groups in total. The van der Waals surface area contributed by atoms with Gasteiger partial charge in [-0.1, -0.05) is 48.0 Å². The first-order chi connectivity index (χ1) is 16.8. The van der Waals surface area contributed by atoms with Gasteiger partial charge in [-0.25, -0.2) is 17.1 Å². The van der Waals surface area contributed by atoms with Crippen LogP contribution in [-0.4, -0.2) is 14.3 Å². The smallest absolute Gasteiger partial charge is 0.265 e. The average molecular weight is 511 g/mol. The molecule has 0 heterocycles. The molecule has 4 aromatic carbocycles. The largest absolute Gasteiger partial charge is 0.457 e. The van der Waals surface area contributed by atoms with Gasteiger partial charge in [0.1, 0.15) is 23.4 Å². The molecule has 4 aromatic rings. The summed E-state index contributed by atoms with van der Waals surface area (Å²) in [6.07, 6.45) is 0. The number of hydrogen-bond donors (Lipinski definition) is 1. The molecule has 0 saturated heterocycles. The standard InChI is InChI=1S/C26H20ClFN2O4S/c27-19-9-15-24(16-10-19)35(32,33)30(25(26(29)31)18-5-2-1-3-6-18)21-7-4-8-23(17-21)34-22-13-11-20(28)12-14-22/h1-17,25H,(H2,29,31)/t25-/m1/s1. The Morgan fingerprint density at radius 3 is 2.14 bits per heavy atom. The topological polar surface area (TPSA) is 89.7 Å². The lowest BCUT2D eigenvalue weighted by Crippen LogP contribution is -2.42. The highest BCUT2D eigenvalue weighted by atomic mass is 35.5. The van der Waals surface area contributed by atoms with E-state index in [1.54, 1.807) is 42.5 Å². The van der Waals surface area contributed by atoms with Gasteiger partial charge in [-0.2, -0.15) is 0 Å². The summed E-state index contributed by atoms with van der Waals surface area (Å²) in [5.74, 6) is -0.649. The lowest BCUT2D eigenvalue weighted by molar-refractivity contribution is -0.119. The molecule has 35 heavy (non-hydrogen) atoms. The summed E-state index contributed by atoms with van der Waals surface area (Å²) in [5.41, 5.74) is 6.29. The predicted octanol–water partition coefficient (Wildman–Crippen LogP) is 5.69. The number of hydrogen-bond acceptors (Lipinski definition) is 4. The monoisotopic (exact) mass is 510 g/mol. The molecule has 6 nitrogen and oxygen atoms in total. The first-order valence-corrected chi connectivity index (χ1v) is 12.3. The van der Waals surface area contributed by atoms with Gasteiger partial charge in [0.15, 0.2) is 0 Å². The van der Waals surface area contributed by atoms with Gasteiger partial charge in [0.25, 0.3) is 10.0 Å². The number of nitrogens with two attached hydrogens (primary N) is 1. The Kier molecular flexibility index (Phi) is 7.04. The molecule has 4 rings (SSSR count). The molecule has 0 unspecified atom stereocenters. The van der Waals surface area contributed by atoms with E-state index in [0.29, 0.717) is 16.3 Å². The van der Waals surface area contributed by atoms with Crippen LogP contribution in [0.1, 0.15) is 11.6 Å². The molecular formula is C26H20ClFN2O4S. The maximum Gasteiger partial charge on any atom is 0.265 e. The molecule has 0 aliphatic heterocycles. The van der Waals surface area contributed by atoms with Crippen LogP contribution in [0, 0.1) is 5.82 Å². The summed E-state index contributed by atoms with van der Waals surface area (Å²) < 4.78 is 47.7. The van der Waals surface area contributed by atoms with E-state index in [4.69, 9.17) is 22.1 Å². The molecule has 1 atom stereocenters. The fraction of sp³-hybridized carbons (Fsp3) is 0.0385. The third-order valence-electron chi connectivity index (χ3n) is 5.11. The lowest BCUT2D eigenvalue weighted by atomic mass is 10.1. The lowest BCUT2D eigenvalue weighted by Gasteiger charge is -2.31. The molecule has 0 radical (unpaired) electrons. The van der Waals surface area contributed by atoms with Gasteiger partial charge < -0.3 is 10.5 Å². The van der Waals surface area contributed by atoms with Crippen LogP contribution >= 0.6 is 11.6 Å². The van der Waals surface area contributed by atoms with E-state index >= 15 is 0 Å². The van der Waals surface area contributed by atoms with Crippen molar-refractivity contribution in [3.05, 3.63) is 120 Å². The SMILES string of the molecule is NC(=O)[C@@H](c1ccccc1)N(c1cccc(Oc2ccc(F)cc2)c1)S(=O)(=O)c1ccc(Cl)cc1. The van der Waals surface area contributed by atoms with E-state index in [9.17, 15) is 17.6 Å². The summed E-state index contributed by atoms with van der Waals surface area (Å²) in [4.78, 5) is 12.6. The Bertz CT molecular complexity index is 1430. The van der Waals surface area contributed by atoms with Gasteiger partial charge in [0.2, 0.25) is 5.91 Å². The molecule has 0 aromatic heterocycles.